The van der Waals surface area contributed by atoms with Crippen LogP contribution in [0.4, 0.5) is 0 Å². The summed E-state index contributed by atoms with van der Waals surface area (Å²) in [7, 11) is 0. The van der Waals surface area contributed by atoms with Crippen molar-refractivity contribution >= 4 is 11.0 Å². The van der Waals surface area contributed by atoms with Crippen LogP contribution in [0.2, 0.25) is 0 Å². The summed E-state index contributed by atoms with van der Waals surface area (Å²) in [5.74, 6) is 0. The van der Waals surface area contributed by atoms with E-state index in [1.165, 1.54) is 0 Å². The van der Waals surface area contributed by atoms with E-state index in [4.69, 9.17) is 0 Å². The van der Waals surface area contributed by atoms with E-state index in [1.54, 1.807) is 24.3 Å². The molecule has 1 aliphatic carbocycles. The fourth-order valence-electron chi connectivity index (χ4n) is 2.49. The highest BCUT2D eigenvalue weighted by Crippen LogP contribution is 2.34. The number of rotatable bonds is 0. The van der Waals surface area contributed by atoms with Gasteiger partial charge in [0.25, 0.3) is 11.2 Å². The van der Waals surface area contributed by atoms with Crippen LogP contribution in [0, 0.1) is 4.91 Å². The van der Waals surface area contributed by atoms with E-state index in [-0.39, 0.29) is 16.9 Å². The van der Waals surface area contributed by atoms with Crippen LogP contribution in [0.15, 0.2) is 24.3 Å². The third-order valence-electron chi connectivity index (χ3n) is 3.38. The van der Waals surface area contributed by atoms with Crippen molar-refractivity contribution in [1.82, 2.24) is 4.73 Å². The summed E-state index contributed by atoms with van der Waals surface area (Å²) in [6, 6.07) is 6.50. The first-order valence-electron chi connectivity index (χ1n) is 5.76. The fourth-order valence-corrected chi connectivity index (χ4v) is 2.49. The first-order valence-corrected chi connectivity index (χ1v) is 5.76. The number of benzene rings is 1. The lowest BCUT2D eigenvalue weighted by molar-refractivity contribution is -0.485. The van der Waals surface area contributed by atoms with Gasteiger partial charge in [-0.05, 0) is 18.9 Å². The molecule has 0 spiro atoms. The predicted molar refractivity (Wildman–Crippen MR) is 61.6 cm³/mol. The first-order chi connectivity index (χ1) is 8.61. The molecule has 3 rings (SSSR count). The van der Waals surface area contributed by atoms with Gasteiger partial charge in [-0.1, -0.05) is 12.1 Å². The van der Waals surface area contributed by atoms with E-state index < -0.39 is 12.2 Å². The number of aromatic nitrogens is 2. The number of nitrogens with zero attached hydrogens (tertiary/aromatic N) is 2. The number of aliphatic hydroxyl groups is 2. The van der Waals surface area contributed by atoms with Gasteiger partial charge in [0.05, 0.1) is 4.43 Å². The van der Waals surface area contributed by atoms with Crippen LogP contribution in [0.3, 0.4) is 0 Å². The van der Waals surface area contributed by atoms with Gasteiger partial charge in [-0.2, -0.15) is 4.73 Å². The highest BCUT2D eigenvalue weighted by molar-refractivity contribution is 5.71. The Morgan fingerprint density at radius 2 is 1.83 bits per heavy atom. The summed E-state index contributed by atoms with van der Waals surface area (Å²) in [6.45, 7) is 0. The fraction of sp³-hybridized carbons (Fsp3) is 0.333. The second kappa shape index (κ2) is 3.79. The molecule has 18 heavy (non-hydrogen) atoms. The Morgan fingerprint density at radius 1 is 1.17 bits per heavy atom. The van der Waals surface area contributed by atoms with Gasteiger partial charge in [0.1, 0.15) is 12.2 Å². The third kappa shape index (κ3) is 1.36. The first kappa shape index (κ1) is 11.2. The van der Waals surface area contributed by atoms with Crippen molar-refractivity contribution in [3.05, 3.63) is 40.6 Å². The number of fused-ring (bicyclic) bond motifs is 2. The quantitative estimate of drug-likeness (QED) is 0.472. The molecule has 6 heteroatoms. The highest BCUT2D eigenvalue weighted by atomic mass is 16.5. The van der Waals surface area contributed by atoms with Crippen LogP contribution in [0.5, 0.6) is 0 Å². The number of para-hydroxylation sites is 2. The molecule has 0 saturated heterocycles. The van der Waals surface area contributed by atoms with Gasteiger partial charge in [0.15, 0.2) is 11.2 Å². The molecule has 0 radical (unpaired) electrons. The van der Waals surface area contributed by atoms with E-state index in [9.17, 15) is 20.3 Å². The maximum atomic E-state index is 12.2. The standard InChI is InChI=1S/C12H13N2O4/c15-9-5-6-10(16)12-11(9)13(17)7-3-1-2-4-8(7)14(12)18/h1-4,9-10,15-17H,5-6H2/q+1/t9-,10-/m0/s1. The van der Waals surface area contributed by atoms with Crippen molar-refractivity contribution in [1.29, 1.82) is 0 Å². The van der Waals surface area contributed by atoms with E-state index >= 15 is 0 Å². The molecule has 3 N–H and O–H groups in total. The molecule has 2 atom stereocenters. The molecule has 0 bridgehead atoms. The summed E-state index contributed by atoms with van der Waals surface area (Å²) in [5.41, 5.74) is 0.656. The van der Waals surface area contributed by atoms with Gasteiger partial charge >= 0.3 is 0 Å². The minimum Gasteiger partial charge on any atom is -0.428 e. The van der Waals surface area contributed by atoms with Crippen molar-refractivity contribution in [2.45, 2.75) is 25.0 Å². The van der Waals surface area contributed by atoms with Crippen molar-refractivity contribution < 1.29 is 19.8 Å². The molecule has 1 aliphatic rings. The summed E-state index contributed by atoms with van der Waals surface area (Å²) < 4.78 is 1.39. The van der Waals surface area contributed by atoms with Gasteiger partial charge in [-0.15, -0.1) is 0 Å². The van der Waals surface area contributed by atoms with Gasteiger partial charge in [0, 0.05) is 11.0 Å². The van der Waals surface area contributed by atoms with E-state index in [2.05, 4.69) is 0 Å². The maximum absolute atomic E-state index is 12.2. The summed E-state index contributed by atoms with van der Waals surface area (Å²) >= 11 is 0. The van der Waals surface area contributed by atoms with Crippen molar-refractivity contribution in [3.8, 4) is 0 Å². The number of hydrogen-bond donors (Lipinski definition) is 3. The SMILES string of the molecule is O=[n+]1c2c(n(O)c3ccccc31)[C@@H](O)CC[C@@H]2O. The zero-order chi connectivity index (χ0) is 12.9. The van der Waals surface area contributed by atoms with E-state index in [1.807, 2.05) is 0 Å². The Hall–Kier alpha value is -1.92. The Labute approximate surface area is 102 Å². The average molecular weight is 249 g/mol. The van der Waals surface area contributed by atoms with E-state index in [0.717, 1.165) is 4.73 Å². The molecule has 0 saturated carbocycles. The molecule has 1 aromatic heterocycles. The molecule has 0 unspecified atom stereocenters. The molecule has 0 amide bonds. The van der Waals surface area contributed by atoms with Crippen molar-refractivity contribution in [3.63, 3.8) is 0 Å². The minimum absolute atomic E-state index is 0.0231. The van der Waals surface area contributed by atoms with E-state index in [0.29, 0.717) is 22.8 Å². The smallest absolute Gasteiger partial charge is 0.294 e. The lowest BCUT2D eigenvalue weighted by atomic mass is 9.95. The topological polar surface area (TPSA) is 88.6 Å². The highest BCUT2D eigenvalue weighted by Gasteiger charge is 2.38. The molecule has 1 heterocycles. The molecule has 6 nitrogen and oxygen atoms in total. The van der Waals surface area contributed by atoms with Gasteiger partial charge in [-0.3, -0.25) is 0 Å². The molecular formula is C12H13N2O4+. The van der Waals surface area contributed by atoms with Crippen molar-refractivity contribution in [2.75, 3.05) is 0 Å². The van der Waals surface area contributed by atoms with Crippen LogP contribution in [-0.2, 0) is 0 Å². The Balaban J connectivity index is 2.50. The van der Waals surface area contributed by atoms with Crippen molar-refractivity contribution in [2.24, 2.45) is 0 Å². The van der Waals surface area contributed by atoms with Crippen LogP contribution < -0.4 is 4.43 Å². The number of aliphatic hydroxyl groups excluding tert-OH is 2. The lowest BCUT2D eigenvalue weighted by Crippen LogP contribution is -2.34. The molecule has 2 aromatic rings. The molecule has 0 aliphatic heterocycles. The van der Waals surface area contributed by atoms with Crippen LogP contribution in [-0.4, -0.2) is 20.2 Å². The summed E-state index contributed by atoms with van der Waals surface area (Å²) in [4.78, 5) is 12.2. The molecule has 94 valence electrons. The molecular weight excluding hydrogens is 236 g/mol. The van der Waals surface area contributed by atoms with Gasteiger partial charge < -0.3 is 15.4 Å². The zero-order valence-corrected chi connectivity index (χ0v) is 9.52. The predicted octanol–water partition coefficient (Wildman–Crippen LogP) is 0.654. The molecule has 0 fully saturated rings. The normalized spacial score (nSPS) is 23.0. The average Bonchev–Trinajstić information content (AvgIpc) is 2.38. The molecule has 1 aromatic carbocycles. The van der Waals surface area contributed by atoms with Gasteiger partial charge in [-0.25, -0.2) is 0 Å². The number of hydrogen-bond acceptors (Lipinski definition) is 4. The Morgan fingerprint density at radius 3 is 2.61 bits per heavy atom. The zero-order valence-electron chi connectivity index (χ0n) is 9.52. The summed E-state index contributed by atoms with van der Waals surface area (Å²) in [5, 5.41) is 29.9. The van der Waals surface area contributed by atoms with Crippen LogP contribution >= 0.6 is 0 Å². The second-order valence-corrected chi connectivity index (χ2v) is 4.47. The summed E-state index contributed by atoms with van der Waals surface area (Å²) in [6.07, 6.45) is -1.30. The second-order valence-electron chi connectivity index (χ2n) is 4.47. The maximum Gasteiger partial charge on any atom is 0.294 e. The monoisotopic (exact) mass is 249 g/mol. The Bertz CT molecular complexity index is 680. The largest absolute Gasteiger partial charge is 0.428 e. The van der Waals surface area contributed by atoms with Gasteiger partial charge in [0.2, 0.25) is 0 Å². The van der Waals surface area contributed by atoms with Crippen LogP contribution in [0.1, 0.15) is 36.4 Å². The third-order valence-corrected chi connectivity index (χ3v) is 3.38. The Kier molecular flexibility index (Phi) is 2.36. The minimum atomic E-state index is -0.969. The lowest BCUT2D eigenvalue weighted by Gasteiger charge is -2.21. The van der Waals surface area contributed by atoms with Crippen LogP contribution in [0.25, 0.3) is 11.0 Å².